The molecule has 1 saturated heterocycles. The minimum Gasteiger partial charge on any atom is -0.366 e. The summed E-state index contributed by atoms with van der Waals surface area (Å²) in [6, 6.07) is 18.6. The lowest BCUT2D eigenvalue weighted by atomic mass is 10.2. The highest BCUT2D eigenvalue weighted by Gasteiger charge is 2.17. The molecule has 4 rings (SSSR count). The predicted octanol–water partition coefficient (Wildman–Crippen LogP) is 4.30. The fourth-order valence-corrected chi connectivity index (χ4v) is 3.48. The third-order valence-corrected chi connectivity index (χ3v) is 5.25. The van der Waals surface area contributed by atoms with Gasteiger partial charge in [-0.15, -0.1) is 0 Å². The van der Waals surface area contributed by atoms with Gasteiger partial charge in [-0.1, -0.05) is 46.3 Å². The Balaban J connectivity index is 1.31. The number of rotatable bonds is 5. The van der Waals surface area contributed by atoms with Gasteiger partial charge in [0.15, 0.2) is 0 Å². The van der Waals surface area contributed by atoms with Gasteiger partial charge in [0.25, 0.3) is 0 Å². The molecule has 0 aliphatic carbocycles. The molecule has 2 aromatic carbocycles. The zero-order valence-corrected chi connectivity index (χ0v) is 16.6. The predicted molar refractivity (Wildman–Crippen MR) is 113 cm³/mol. The van der Waals surface area contributed by atoms with E-state index in [1.54, 1.807) is 0 Å². The van der Waals surface area contributed by atoms with Crippen LogP contribution in [0.4, 0.5) is 17.3 Å². The molecule has 138 valence electrons. The van der Waals surface area contributed by atoms with Crippen molar-refractivity contribution in [2.45, 2.75) is 6.54 Å². The van der Waals surface area contributed by atoms with Crippen LogP contribution in [0.2, 0.25) is 0 Å². The average molecular weight is 424 g/mol. The molecule has 0 unspecified atom stereocenters. The number of anilines is 3. The molecule has 27 heavy (non-hydrogen) atoms. The Morgan fingerprint density at radius 2 is 1.52 bits per heavy atom. The van der Waals surface area contributed by atoms with Crippen LogP contribution in [0.3, 0.4) is 0 Å². The van der Waals surface area contributed by atoms with Gasteiger partial charge >= 0.3 is 0 Å². The first-order chi connectivity index (χ1) is 13.3. The molecular weight excluding hydrogens is 402 g/mol. The van der Waals surface area contributed by atoms with Crippen molar-refractivity contribution < 1.29 is 0 Å². The SMILES string of the molecule is Brc1ccc(Nc2ncc(N3CCN(Cc4ccccc4)CC3)cn2)cc1. The molecule has 0 saturated carbocycles. The lowest BCUT2D eigenvalue weighted by molar-refractivity contribution is 0.250. The van der Waals surface area contributed by atoms with E-state index in [0.29, 0.717) is 5.95 Å². The maximum atomic E-state index is 4.47. The standard InChI is InChI=1S/C21H22BrN5/c22-18-6-8-19(9-7-18)25-21-23-14-20(15-24-21)27-12-10-26(11-13-27)16-17-4-2-1-3-5-17/h1-9,14-15H,10-13,16H2,(H,23,24,25). The van der Waals surface area contributed by atoms with Crippen molar-refractivity contribution in [1.82, 2.24) is 14.9 Å². The Bertz CT molecular complexity index is 844. The molecule has 1 aromatic heterocycles. The molecule has 1 fully saturated rings. The van der Waals surface area contributed by atoms with E-state index >= 15 is 0 Å². The van der Waals surface area contributed by atoms with E-state index in [-0.39, 0.29) is 0 Å². The summed E-state index contributed by atoms with van der Waals surface area (Å²) in [5.41, 5.74) is 3.42. The third kappa shape index (κ3) is 4.84. The van der Waals surface area contributed by atoms with Gasteiger partial charge in [0.2, 0.25) is 5.95 Å². The Hall–Kier alpha value is -2.44. The van der Waals surface area contributed by atoms with Gasteiger partial charge in [0, 0.05) is 42.9 Å². The Morgan fingerprint density at radius 3 is 2.19 bits per heavy atom. The van der Waals surface area contributed by atoms with Crippen LogP contribution in [0.15, 0.2) is 71.5 Å². The van der Waals surface area contributed by atoms with Crippen LogP contribution in [0.5, 0.6) is 0 Å². The van der Waals surface area contributed by atoms with E-state index < -0.39 is 0 Å². The third-order valence-electron chi connectivity index (χ3n) is 4.73. The van der Waals surface area contributed by atoms with Crippen molar-refractivity contribution in [3.05, 3.63) is 77.0 Å². The maximum absolute atomic E-state index is 4.47. The topological polar surface area (TPSA) is 44.3 Å². The van der Waals surface area contributed by atoms with Gasteiger partial charge in [-0.05, 0) is 29.8 Å². The first-order valence-electron chi connectivity index (χ1n) is 9.12. The van der Waals surface area contributed by atoms with Crippen LogP contribution in [-0.4, -0.2) is 41.0 Å². The summed E-state index contributed by atoms with van der Waals surface area (Å²) in [6.45, 7) is 5.11. The molecule has 0 atom stereocenters. The Labute approximate surface area is 168 Å². The molecule has 6 heteroatoms. The second kappa shape index (κ2) is 8.50. The monoisotopic (exact) mass is 423 g/mol. The Morgan fingerprint density at radius 1 is 0.852 bits per heavy atom. The second-order valence-corrected chi connectivity index (χ2v) is 7.56. The van der Waals surface area contributed by atoms with Crippen LogP contribution in [-0.2, 0) is 6.54 Å². The van der Waals surface area contributed by atoms with Gasteiger partial charge in [0.05, 0.1) is 18.1 Å². The summed E-state index contributed by atoms with van der Waals surface area (Å²) in [7, 11) is 0. The van der Waals surface area contributed by atoms with Crippen molar-refractivity contribution in [3.63, 3.8) is 0 Å². The van der Waals surface area contributed by atoms with Crippen molar-refractivity contribution in [1.29, 1.82) is 0 Å². The summed E-state index contributed by atoms with van der Waals surface area (Å²) in [5.74, 6) is 0.615. The lowest BCUT2D eigenvalue weighted by Gasteiger charge is -2.35. The van der Waals surface area contributed by atoms with Gasteiger partial charge in [-0.2, -0.15) is 0 Å². The maximum Gasteiger partial charge on any atom is 0.227 e. The molecule has 0 radical (unpaired) electrons. The van der Waals surface area contributed by atoms with Crippen molar-refractivity contribution >= 4 is 33.3 Å². The van der Waals surface area contributed by atoms with Crippen LogP contribution < -0.4 is 10.2 Å². The molecule has 0 spiro atoms. The number of hydrogen-bond acceptors (Lipinski definition) is 5. The number of nitrogens with zero attached hydrogens (tertiary/aromatic N) is 4. The zero-order valence-electron chi connectivity index (χ0n) is 15.1. The number of benzene rings is 2. The second-order valence-electron chi connectivity index (χ2n) is 6.65. The summed E-state index contributed by atoms with van der Waals surface area (Å²) >= 11 is 3.44. The first kappa shape index (κ1) is 17.9. The van der Waals surface area contributed by atoms with E-state index in [2.05, 4.69) is 71.3 Å². The molecule has 0 amide bonds. The average Bonchev–Trinajstić information content (AvgIpc) is 2.72. The normalized spacial score (nSPS) is 14.9. The minimum absolute atomic E-state index is 0.615. The van der Waals surface area contributed by atoms with Crippen LogP contribution in [0, 0.1) is 0 Å². The van der Waals surface area contributed by atoms with Crippen LogP contribution in [0.25, 0.3) is 0 Å². The summed E-state index contributed by atoms with van der Waals surface area (Å²) < 4.78 is 1.05. The van der Waals surface area contributed by atoms with E-state index in [0.717, 1.165) is 48.6 Å². The summed E-state index contributed by atoms with van der Waals surface area (Å²) in [4.78, 5) is 13.8. The molecule has 1 aliphatic rings. The van der Waals surface area contributed by atoms with Gasteiger partial charge in [-0.25, -0.2) is 9.97 Å². The molecule has 2 heterocycles. The molecule has 5 nitrogen and oxygen atoms in total. The molecule has 1 aliphatic heterocycles. The van der Waals surface area contributed by atoms with Crippen LogP contribution in [0.1, 0.15) is 5.56 Å². The highest BCUT2D eigenvalue weighted by atomic mass is 79.9. The number of piperazine rings is 1. The van der Waals surface area contributed by atoms with E-state index in [9.17, 15) is 0 Å². The smallest absolute Gasteiger partial charge is 0.227 e. The van der Waals surface area contributed by atoms with Gasteiger partial charge < -0.3 is 10.2 Å². The minimum atomic E-state index is 0.615. The highest BCUT2D eigenvalue weighted by Crippen LogP contribution is 2.19. The molecule has 0 bridgehead atoms. The fraction of sp³-hybridized carbons (Fsp3) is 0.238. The highest BCUT2D eigenvalue weighted by molar-refractivity contribution is 9.10. The molecule has 1 N–H and O–H groups in total. The number of aromatic nitrogens is 2. The molecular formula is C21H22BrN5. The number of hydrogen-bond donors (Lipinski definition) is 1. The zero-order chi connectivity index (χ0) is 18.5. The largest absolute Gasteiger partial charge is 0.366 e. The summed E-state index contributed by atoms with van der Waals surface area (Å²) in [6.07, 6.45) is 3.81. The number of halogens is 1. The Kier molecular flexibility index (Phi) is 5.65. The van der Waals surface area contributed by atoms with Crippen molar-refractivity contribution in [3.8, 4) is 0 Å². The van der Waals surface area contributed by atoms with Crippen molar-refractivity contribution in [2.24, 2.45) is 0 Å². The van der Waals surface area contributed by atoms with E-state index in [4.69, 9.17) is 0 Å². The van der Waals surface area contributed by atoms with Gasteiger partial charge in [-0.3, -0.25) is 4.90 Å². The molecule has 3 aromatic rings. The van der Waals surface area contributed by atoms with Crippen molar-refractivity contribution in [2.75, 3.05) is 36.4 Å². The van der Waals surface area contributed by atoms with Gasteiger partial charge in [0.1, 0.15) is 0 Å². The summed E-state index contributed by atoms with van der Waals surface area (Å²) in [5, 5.41) is 3.23. The number of nitrogens with one attached hydrogen (secondary N) is 1. The first-order valence-corrected chi connectivity index (χ1v) is 9.91. The quantitative estimate of drug-likeness (QED) is 0.662. The lowest BCUT2D eigenvalue weighted by Crippen LogP contribution is -2.46. The van der Waals surface area contributed by atoms with Crippen LogP contribution >= 0.6 is 15.9 Å². The van der Waals surface area contributed by atoms with E-state index in [1.807, 2.05) is 36.7 Å². The van der Waals surface area contributed by atoms with E-state index in [1.165, 1.54) is 5.56 Å². The fourth-order valence-electron chi connectivity index (χ4n) is 3.22.